The zero-order valence-electron chi connectivity index (χ0n) is 20.0. The molecule has 0 spiro atoms. The summed E-state index contributed by atoms with van der Waals surface area (Å²) in [5.41, 5.74) is -0.706. The highest BCUT2D eigenvalue weighted by molar-refractivity contribution is 6.99. The Hall–Kier alpha value is -1.54. The van der Waals surface area contributed by atoms with Crippen molar-refractivity contribution in [3.8, 4) is 0 Å². The lowest BCUT2D eigenvalue weighted by Gasteiger charge is -2.46. The average Bonchev–Trinajstić information content (AvgIpc) is 3.22. The molecule has 2 aromatic carbocycles. The lowest BCUT2D eigenvalue weighted by atomic mass is 9.93. The van der Waals surface area contributed by atoms with Crippen molar-refractivity contribution in [2.24, 2.45) is 0 Å². The lowest BCUT2D eigenvalue weighted by Crippen LogP contribution is -2.68. The summed E-state index contributed by atoms with van der Waals surface area (Å²) < 4.78 is 31.6. The lowest BCUT2D eigenvalue weighted by molar-refractivity contribution is -0.205. The fraction of sp³-hybridized carbons (Fsp3) is 0.538. The van der Waals surface area contributed by atoms with Crippen molar-refractivity contribution in [3.05, 3.63) is 60.7 Å². The molecule has 2 aliphatic rings. The minimum atomic E-state index is -2.71. The van der Waals surface area contributed by atoms with E-state index in [0.29, 0.717) is 13.2 Å². The number of methoxy groups -OCH3 is 2. The van der Waals surface area contributed by atoms with Crippen LogP contribution in [0.25, 0.3) is 0 Å². The summed E-state index contributed by atoms with van der Waals surface area (Å²) in [6.07, 6.45) is -0.619. The Morgan fingerprint density at radius 3 is 1.97 bits per heavy atom. The van der Waals surface area contributed by atoms with Crippen LogP contribution in [-0.2, 0) is 23.4 Å². The van der Waals surface area contributed by atoms with E-state index in [1.54, 1.807) is 14.2 Å². The first kappa shape index (κ1) is 23.6. The van der Waals surface area contributed by atoms with Crippen LogP contribution >= 0.6 is 0 Å². The second kappa shape index (κ2) is 9.01. The summed E-state index contributed by atoms with van der Waals surface area (Å²) in [5.74, 6) is 0. The third-order valence-electron chi connectivity index (χ3n) is 7.02. The summed E-state index contributed by atoms with van der Waals surface area (Å²) in [4.78, 5) is 0. The van der Waals surface area contributed by atoms with E-state index >= 15 is 0 Å². The standard InChI is InChI=1S/C26H36O5Si/c1-19-23-24(28-6)26(31-19,22(30-23)17-27-5)18-29-32(25(2,3)4,20-13-9-7-10-14-20)21-15-11-8-12-16-21/h7-16,19,22-24H,17-18H2,1-6H3/t19-,22+,23-,24-,26-/m0/s1. The van der Waals surface area contributed by atoms with Crippen molar-refractivity contribution in [1.82, 2.24) is 0 Å². The topological polar surface area (TPSA) is 46.2 Å². The highest BCUT2D eigenvalue weighted by Gasteiger charge is 2.67. The van der Waals surface area contributed by atoms with Crippen molar-refractivity contribution >= 4 is 18.7 Å². The zero-order chi connectivity index (χ0) is 23.0. The molecule has 2 fully saturated rings. The fourth-order valence-electron chi connectivity index (χ4n) is 5.61. The van der Waals surface area contributed by atoms with E-state index in [2.05, 4.69) is 81.4 Å². The van der Waals surface area contributed by atoms with E-state index in [1.807, 2.05) is 6.92 Å². The second-order valence-corrected chi connectivity index (χ2v) is 14.2. The van der Waals surface area contributed by atoms with Crippen LogP contribution in [0.4, 0.5) is 0 Å². The maximum Gasteiger partial charge on any atom is 0.261 e. The van der Waals surface area contributed by atoms with E-state index in [0.717, 1.165) is 0 Å². The van der Waals surface area contributed by atoms with Gasteiger partial charge in [-0.1, -0.05) is 81.4 Å². The predicted molar refractivity (Wildman–Crippen MR) is 128 cm³/mol. The predicted octanol–water partition coefficient (Wildman–Crippen LogP) is 3.15. The average molecular weight is 457 g/mol. The molecule has 32 heavy (non-hydrogen) atoms. The quantitative estimate of drug-likeness (QED) is 0.571. The molecule has 2 bridgehead atoms. The normalized spacial score (nSPS) is 30.1. The van der Waals surface area contributed by atoms with Crippen LogP contribution in [0.3, 0.4) is 0 Å². The molecular weight excluding hydrogens is 420 g/mol. The Bertz CT molecular complexity index is 845. The highest BCUT2D eigenvalue weighted by Crippen LogP contribution is 2.47. The Morgan fingerprint density at radius 1 is 0.938 bits per heavy atom. The maximum absolute atomic E-state index is 7.23. The van der Waals surface area contributed by atoms with Crippen LogP contribution in [0.15, 0.2) is 60.7 Å². The molecule has 0 amide bonds. The van der Waals surface area contributed by atoms with Gasteiger partial charge in [-0.25, -0.2) is 0 Å². The smallest absolute Gasteiger partial charge is 0.261 e. The molecule has 0 aromatic heterocycles. The second-order valence-electron chi connectivity index (χ2n) is 9.93. The molecule has 0 unspecified atom stereocenters. The summed E-state index contributed by atoms with van der Waals surface area (Å²) in [6.45, 7) is 9.71. The van der Waals surface area contributed by atoms with Crippen LogP contribution in [0, 0.1) is 0 Å². The largest absolute Gasteiger partial charge is 0.404 e. The number of benzene rings is 2. The van der Waals surface area contributed by atoms with Gasteiger partial charge in [-0.15, -0.1) is 0 Å². The molecule has 0 aliphatic carbocycles. The first-order valence-electron chi connectivity index (χ1n) is 11.4. The first-order valence-corrected chi connectivity index (χ1v) is 13.3. The van der Waals surface area contributed by atoms with Crippen molar-refractivity contribution in [2.45, 2.75) is 62.8 Å². The van der Waals surface area contributed by atoms with Gasteiger partial charge >= 0.3 is 0 Å². The van der Waals surface area contributed by atoms with Gasteiger partial charge in [-0.2, -0.15) is 0 Å². The van der Waals surface area contributed by atoms with E-state index < -0.39 is 13.9 Å². The molecule has 6 heteroatoms. The van der Waals surface area contributed by atoms with Gasteiger partial charge in [0.2, 0.25) is 0 Å². The Balaban J connectivity index is 1.80. The summed E-state index contributed by atoms with van der Waals surface area (Å²) in [5, 5.41) is 2.37. The number of hydrogen-bond acceptors (Lipinski definition) is 5. The van der Waals surface area contributed by atoms with Gasteiger partial charge in [0.1, 0.15) is 23.9 Å². The van der Waals surface area contributed by atoms with Gasteiger partial charge in [0.15, 0.2) is 0 Å². The number of hydrogen-bond donors (Lipinski definition) is 0. The van der Waals surface area contributed by atoms with Crippen molar-refractivity contribution in [2.75, 3.05) is 27.4 Å². The molecule has 2 aliphatic heterocycles. The molecule has 5 atom stereocenters. The van der Waals surface area contributed by atoms with Crippen LogP contribution < -0.4 is 10.4 Å². The minimum Gasteiger partial charge on any atom is -0.404 e. The van der Waals surface area contributed by atoms with Gasteiger partial charge < -0.3 is 23.4 Å². The van der Waals surface area contributed by atoms with E-state index in [9.17, 15) is 0 Å². The van der Waals surface area contributed by atoms with Gasteiger partial charge in [-0.05, 0) is 22.3 Å². The number of ether oxygens (including phenoxy) is 4. The molecule has 0 N–H and O–H groups in total. The molecule has 4 rings (SSSR count). The molecule has 2 aromatic rings. The maximum atomic E-state index is 7.23. The molecule has 2 saturated heterocycles. The third-order valence-corrected chi connectivity index (χ3v) is 12.0. The molecule has 5 nitrogen and oxygen atoms in total. The summed E-state index contributed by atoms with van der Waals surface area (Å²) in [7, 11) is 0.713. The number of fused-ring (bicyclic) bond motifs is 2. The van der Waals surface area contributed by atoms with Crippen LogP contribution in [-0.4, -0.2) is 65.8 Å². The highest BCUT2D eigenvalue weighted by atomic mass is 28.4. The van der Waals surface area contributed by atoms with Crippen LogP contribution in [0.2, 0.25) is 5.04 Å². The van der Waals surface area contributed by atoms with Crippen LogP contribution in [0.5, 0.6) is 0 Å². The van der Waals surface area contributed by atoms with E-state index in [-0.39, 0.29) is 29.5 Å². The molecule has 0 saturated carbocycles. The first-order chi connectivity index (χ1) is 15.3. The van der Waals surface area contributed by atoms with Gasteiger partial charge in [0.05, 0.1) is 19.3 Å². The minimum absolute atomic E-state index is 0.0594. The van der Waals surface area contributed by atoms with Gasteiger partial charge in [0.25, 0.3) is 8.32 Å². The fourth-order valence-corrected chi connectivity index (χ4v) is 10.2. The van der Waals surface area contributed by atoms with Crippen molar-refractivity contribution in [3.63, 3.8) is 0 Å². The monoisotopic (exact) mass is 456 g/mol. The molecular formula is C26H36O5Si. The molecule has 174 valence electrons. The van der Waals surface area contributed by atoms with Crippen molar-refractivity contribution in [1.29, 1.82) is 0 Å². The Kier molecular flexibility index (Phi) is 6.65. The number of rotatable bonds is 8. The molecule has 2 heterocycles. The van der Waals surface area contributed by atoms with Gasteiger partial charge in [-0.3, -0.25) is 0 Å². The Labute approximate surface area is 193 Å². The van der Waals surface area contributed by atoms with Crippen LogP contribution in [0.1, 0.15) is 27.7 Å². The van der Waals surface area contributed by atoms with Gasteiger partial charge in [0, 0.05) is 14.2 Å². The summed E-state index contributed by atoms with van der Waals surface area (Å²) in [6, 6.07) is 21.3. The van der Waals surface area contributed by atoms with E-state index in [4.69, 9.17) is 23.4 Å². The van der Waals surface area contributed by atoms with Crippen molar-refractivity contribution < 1.29 is 23.4 Å². The summed E-state index contributed by atoms with van der Waals surface area (Å²) >= 11 is 0. The zero-order valence-corrected chi connectivity index (χ0v) is 21.0. The SMILES string of the molecule is COC[C@H]1O[C@H]2[C@H](C)O[C@]1(CO[Si](c1ccccc1)(c1ccccc1)C(C)(C)C)[C@H]2OC. The van der Waals surface area contributed by atoms with E-state index in [1.165, 1.54) is 10.4 Å². The third kappa shape index (κ3) is 3.67. The molecule has 0 radical (unpaired) electrons. The Morgan fingerprint density at radius 2 is 1.50 bits per heavy atom.